The Hall–Kier alpha value is -3.75. The van der Waals surface area contributed by atoms with Crippen molar-refractivity contribution < 1.29 is 98.1 Å². The van der Waals surface area contributed by atoms with E-state index >= 15 is 0 Å². The Kier molecular flexibility index (Phi) is 30.0. The number of hydrogen-bond acceptors (Lipinski definition) is 21. The standard InChI is InChI=1S/C37H69N7O8Si2.C16H24IN7O5.2ClH/c1-13-53(14-2,15-3)51-29-27(23-43(21-22-45)20-19-26(34(46)49-36(7,8)9)42-35(47)50-37(10,11)12)48-33(30(29)52-54(16-4,17-5)18-6)44-25-41-28-31(38)39-24-40-32(28)44;17-2-4-23(3-1-8(18)16(27)28)5-9-11(25)12(26)15(29-9)24-7-22-10-13(19)20-6-21-14(10)24;;/h24-27,29-30,33,45H,13-23H2,1-12H3,(H,42,47)(H2,38,39,40);6-9,11-12,15,25-26H,1-5,18H2,(H,27,28)(H2,19,20,21);2*1H/t26-,27+,29?,30-,33+;8-,9+,11?,12-,15+;;/m00../s1. The van der Waals surface area contributed by atoms with Gasteiger partial charge in [-0.2, -0.15) is 0 Å². The van der Waals surface area contributed by atoms with Crippen molar-refractivity contribution in [3.8, 4) is 0 Å². The van der Waals surface area contributed by atoms with Crippen LogP contribution in [-0.2, 0) is 37.4 Å². The maximum absolute atomic E-state index is 13.4. The normalized spacial score (nSPS) is 22.0. The van der Waals surface area contributed by atoms with Crippen LogP contribution in [0.4, 0.5) is 16.4 Å². The van der Waals surface area contributed by atoms with Gasteiger partial charge >= 0.3 is 18.0 Å². The van der Waals surface area contributed by atoms with Gasteiger partial charge in [-0.1, -0.05) is 64.1 Å². The number of aliphatic hydroxyl groups excluding tert-OH is 3. The predicted molar refractivity (Wildman–Crippen MR) is 324 cm³/mol. The van der Waals surface area contributed by atoms with Gasteiger partial charge in [0.2, 0.25) is 0 Å². The number of carboxylic acid groups (broad SMARTS) is 1. The highest BCUT2D eigenvalue weighted by Gasteiger charge is 2.53. The molecule has 13 N–H and O–H groups in total. The van der Waals surface area contributed by atoms with E-state index in [1.165, 1.54) is 23.5 Å². The molecule has 6 heterocycles. The molecule has 0 aromatic carbocycles. The number of rotatable bonds is 29. The van der Waals surface area contributed by atoms with Gasteiger partial charge in [0.25, 0.3) is 0 Å². The molecular weight excluding hydrogens is 1290 g/mol. The molecule has 2 aliphatic rings. The van der Waals surface area contributed by atoms with Crippen LogP contribution < -0.4 is 52.2 Å². The Morgan fingerprint density at radius 3 is 1.71 bits per heavy atom. The zero-order valence-electron chi connectivity index (χ0n) is 51.4. The largest absolute Gasteiger partial charge is 1.00 e. The van der Waals surface area contributed by atoms with Crippen molar-refractivity contribution in [3.05, 3.63) is 25.3 Å². The first-order chi connectivity index (χ1) is 39.2. The molecule has 4 aromatic rings. The first kappa shape index (κ1) is 75.5. The number of alkyl halides is 1. The summed E-state index contributed by atoms with van der Waals surface area (Å²) >= 11 is 2.25. The van der Waals surface area contributed by atoms with Crippen molar-refractivity contribution in [2.75, 3.05) is 61.8 Å². The van der Waals surface area contributed by atoms with E-state index in [1.807, 2.05) is 9.47 Å². The molecule has 3 unspecified atom stereocenters. The third kappa shape index (κ3) is 20.1. The Bertz CT molecular complexity index is 2690. The van der Waals surface area contributed by atoms with Crippen molar-refractivity contribution in [1.82, 2.24) is 49.3 Å². The SMILES string of the molecule is CC[Si](CC)(CC)OC1[C@@H](CN(CCO)CC[C@H](NC(=O)OC(C)(C)C)C(=O)OC(C)(C)C)O[C@@H](n2cnc3c(N)ncnc32)[C@H]1O[Si](CC)(CC)CC.Nc1ncnc2c1ncn2[C@@H]1O[C@H](C[NH+](CCI)CC[C@H]([NH3+])C(=O)O)C(O)[C@@H]1O.[Cl-].[Cl-]. The van der Waals surface area contributed by atoms with Gasteiger partial charge in [0.05, 0.1) is 38.8 Å². The van der Waals surface area contributed by atoms with Crippen LogP contribution in [0.25, 0.3) is 22.3 Å². The summed E-state index contributed by atoms with van der Waals surface area (Å²) in [7, 11) is -4.47. The summed E-state index contributed by atoms with van der Waals surface area (Å²) in [6.45, 7) is 26.5. The first-order valence-electron chi connectivity index (χ1n) is 29.1. The number of aliphatic carboxylic acids is 1. The maximum Gasteiger partial charge on any atom is 0.408 e. The lowest BCUT2D eigenvalue weighted by molar-refractivity contribution is -0.901. The van der Waals surface area contributed by atoms with Crippen LogP contribution in [0.3, 0.4) is 0 Å². The molecule has 27 nitrogen and oxygen atoms in total. The van der Waals surface area contributed by atoms with E-state index in [9.17, 15) is 29.7 Å². The van der Waals surface area contributed by atoms with Crippen molar-refractivity contribution in [2.24, 2.45) is 0 Å². The van der Waals surface area contributed by atoms with E-state index in [0.29, 0.717) is 61.5 Å². The van der Waals surface area contributed by atoms with Crippen LogP contribution in [0.1, 0.15) is 108 Å². The van der Waals surface area contributed by atoms with Crippen LogP contribution >= 0.6 is 22.6 Å². The lowest BCUT2D eigenvalue weighted by atomic mass is 10.1. The number of carboxylic acids is 1. The topological polar surface area (TPSA) is 374 Å². The summed E-state index contributed by atoms with van der Waals surface area (Å²) in [4.78, 5) is 65.9. The highest BCUT2D eigenvalue weighted by molar-refractivity contribution is 14.1. The molecular formula is C53H95Cl2IN14O13Si2. The predicted octanol–water partition coefficient (Wildman–Crippen LogP) is -3.55. The molecule has 2 saturated heterocycles. The third-order valence-electron chi connectivity index (χ3n) is 15.7. The van der Waals surface area contributed by atoms with E-state index in [4.69, 9.17) is 44.4 Å². The number of aliphatic hydroxyl groups is 3. The van der Waals surface area contributed by atoms with E-state index in [-0.39, 0.29) is 49.5 Å². The fraction of sp³-hybridized carbons (Fsp3) is 0.755. The number of nitrogens with zero attached hydrogens (tertiary/aromatic N) is 9. The number of nitrogen functional groups attached to an aromatic ring is 2. The van der Waals surface area contributed by atoms with E-state index in [2.05, 4.69) is 105 Å². The quantitative estimate of drug-likeness (QED) is 0.0110. The summed E-state index contributed by atoms with van der Waals surface area (Å²) in [6, 6.07) is 3.94. The first-order valence-corrected chi connectivity index (χ1v) is 35.6. The van der Waals surface area contributed by atoms with Crippen LogP contribution in [-0.4, -0.2) is 209 Å². The number of quaternary nitrogens is 2. The van der Waals surface area contributed by atoms with Crippen LogP contribution in [0.5, 0.6) is 0 Å². The Balaban J connectivity index is 0.000000513. The molecule has 1 amide bonds. The maximum atomic E-state index is 13.4. The number of ether oxygens (including phenoxy) is 4. The van der Waals surface area contributed by atoms with Gasteiger partial charge in [0.15, 0.2) is 58.1 Å². The third-order valence-corrected chi connectivity index (χ3v) is 25.5. The van der Waals surface area contributed by atoms with Gasteiger partial charge in [0, 0.05) is 24.1 Å². The van der Waals surface area contributed by atoms with Crippen molar-refractivity contribution in [3.63, 3.8) is 0 Å². The second kappa shape index (κ2) is 33.7. The number of amides is 1. The summed E-state index contributed by atoms with van der Waals surface area (Å²) in [6.07, 6.45) is -0.0471. The van der Waals surface area contributed by atoms with E-state index in [0.717, 1.165) is 52.1 Å². The molecule has 4 aromatic heterocycles. The average Bonchev–Trinajstić information content (AvgIpc) is 3.25. The molecule has 32 heteroatoms. The number of esters is 1. The number of nitrogens with two attached hydrogens (primary N) is 2. The molecule has 6 rings (SSSR count). The Morgan fingerprint density at radius 1 is 0.741 bits per heavy atom. The number of alkyl carbamates (subject to hydrolysis) is 1. The number of nitrogens with one attached hydrogen (secondary N) is 2. The fourth-order valence-corrected chi connectivity index (χ4v) is 16.9. The second-order valence-electron chi connectivity index (χ2n) is 23.4. The number of carbonyl (C=O) groups is 3. The summed E-state index contributed by atoms with van der Waals surface area (Å²) in [5.74, 6) is -1.00. The zero-order chi connectivity index (χ0) is 61.6. The van der Waals surface area contributed by atoms with Gasteiger partial charge in [0.1, 0.15) is 84.1 Å². The number of aromatic nitrogens is 8. The zero-order valence-corrected chi connectivity index (χ0v) is 57.0. The van der Waals surface area contributed by atoms with Crippen molar-refractivity contribution in [2.45, 2.75) is 205 Å². The number of fused-ring (bicyclic) bond motifs is 2. The molecule has 0 aliphatic carbocycles. The number of halogens is 3. The molecule has 2 aliphatic heterocycles. The molecule has 11 atom stereocenters. The highest BCUT2D eigenvalue weighted by atomic mass is 127. The molecule has 484 valence electrons. The van der Waals surface area contributed by atoms with Crippen LogP contribution in [0.2, 0.25) is 36.3 Å². The van der Waals surface area contributed by atoms with Gasteiger partial charge < -0.3 is 100 Å². The average molecular weight is 1390 g/mol. The minimum absolute atomic E-state index is 0. The Labute approximate surface area is 527 Å². The van der Waals surface area contributed by atoms with Gasteiger partial charge in [-0.05, 0) is 84.2 Å². The molecule has 2 fully saturated rings. The monoisotopic (exact) mass is 1390 g/mol. The summed E-state index contributed by atoms with van der Waals surface area (Å²) in [5, 5.41) is 43.2. The molecule has 0 bridgehead atoms. The lowest BCUT2D eigenvalue weighted by Crippen LogP contribution is -3.14. The lowest BCUT2D eigenvalue weighted by Gasteiger charge is -2.40. The minimum atomic E-state index is -2.24. The Morgan fingerprint density at radius 2 is 1.24 bits per heavy atom. The van der Waals surface area contributed by atoms with Crippen molar-refractivity contribution >= 4 is 91.2 Å². The summed E-state index contributed by atoms with van der Waals surface area (Å²) in [5.41, 5.74) is 16.0. The summed E-state index contributed by atoms with van der Waals surface area (Å²) < 4.78 is 43.3. The molecule has 0 radical (unpaired) electrons. The van der Waals surface area contributed by atoms with Crippen molar-refractivity contribution in [1.29, 1.82) is 0 Å². The molecule has 85 heavy (non-hydrogen) atoms. The highest BCUT2D eigenvalue weighted by Crippen LogP contribution is 2.42. The van der Waals surface area contributed by atoms with E-state index in [1.54, 1.807) is 47.9 Å². The molecule has 0 spiro atoms. The van der Waals surface area contributed by atoms with Gasteiger partial charge in [-0.15, -0.1) is 0 Å². The fourth-order valence-electron chi connectivity index (χ4n) is 10.5. The number of hydrogen-bond donors (Lipinski definition) is 9. The van der Waals surface area contributed by atoms with Crippen LogP contribution in [0.15, 0.2) is 25.3 Å². The van der Waals surface area contributed by atoms with Crippen LogP contribution in [0, 0.1) is 0 Å². The number of imidazole rings is 2. The number of anilines is 2. The van der Waals surface area contributed by atoms with Gasteiger partial charge in [-0.25, -0.2) is 44.3 Å². The second-order valence-corrected chi connectivity index (χ2v) is 34.0. The van der Waals surface area contributed by atoms with E-state index < -0.39 is 107 Å². The minimum Gasteiger partial charge on any atom is -1.00 e. The number of carbonyl (C=O) groups excluding carboxylic acids is 2. The molecule has 0 saturated carbocycles. The van der Waals surface area contributed by atoms with Gasteiger partial charge in [-0.3, -0.25) is 14.0 Å². The smallest absolute Gasteiger partial charge is 0.408 e.